The lowest BCUT2D eigenvalue weighted by Crippen LogP contribution is -1.99. The van der Waals surface area contributed by atoms with E-state index >= 15 is 0 Å². The summed E-state index contributed by atoms with van der Waals surface area (Å²) in [5.41, 5.74) is 2.28. The zero-order chi connectivity index (χ0) is 22.1. The van der Waals surface area contributed by atoms with Crippen LogP contribution in [0.1, 0.15) is 27.0 Å². The molecule has 0 saturated carbocycles. The molecule has 1 aliphatic rings. The Kier molecular flexibility index (Phi) is 5.67. The van der Waals surface area contributed by atoms with Gasteiger partial charge in [0, 0.05) is 33.3 Å². The maximum Gasteiger partial charge on any atom is 0.270 e. The Hall–Kier alpha value is -3.35. The molecule has 0 aromatic heterocycles. The Morgan fingerprint density at radius 1 is 1.13 bits per heavy atom. The number of nitro groups is 1. The summed E-state index contributed by atoms with van der Waals surface area (Å²) in [5.74, 6) is 0.754. The summed E-state index contributed by atoms with van der Waals surface area (Å²) in [4.78, 5) is 23.2. The highest BCUT2D eigenvalue weighted by Gasteiger charge is 2.30. The second kappa shape index (κ2) is 8.41. The number of hydrogen-bond acceptors (Lipinski definition) is 5. The molecule has 0 N–H and O–H groups in total. The van der Waals surface area contributed by atoms with Gasteiger partial charge >= 0.3 is 0 Å². The molecule has 0 amide bonds. The fourth-order valence-corrected chi connectivity index (χ4v) is 3.66. The number of carbonyl (C=O) groups excluding carboxylic acids is 1. The van der Waals surface area contributed by atoms with Crippen molar-refractivity contribution in [3.05, 3.63) is 103 Å². The Bertz CT molecular complexity index is 1250. The lowest BCUT2D eigenvalue weighted by molar-refractivity contribution is -0.384. The van der Waals surface area contributed by atoms with E-state index in [1.807, 2.05) is 0 Å². The molecule has 0 spiro atoms. The number of fused-ring (bicyclic) bond motifs is 1. The van der Waals surface area contributed by atoms with Gasteiger partial charge in [0.1, 0.15) is 18.1 Å². The van der Waals surface area contributed by atoms with E-state index in [1.165, 1.54) is 18.2 Å². The van der Waals surface area contributed by atoms with Gasteiger partial charge in [-0.15, -0.1) is 0 Å². The van der Waals surface area contributed by atoms with Crippen molar-refractivity contribution < 1.29 is 19.2 Å². The molecule has 1 heterocycles. The van der Waals surface area contributed by atoms with Crippen molar-refractivity contribution in [3.8, 4) is 11.5 Å². The first-order valence-corrected chi connectivity index (χ1v) is 9.98. The van der Waals surface area contributed by atoms with Crippen molar-refractivity contribution in [2.75, 3.05) is 0 Å². The quantitative estimate of drug-likeness (QED) is 0.252. The monoisotopic (exact) mass is 455 g/mol. The lowest BCUT2D eigenvalue weighted by atomic mass is 10.1. The van der Waals surface area contributed by atoms with Crippen LogP contribution < -0.4 is 9.47 Å². The third-order valence-corrected chi connectivity index (χ3v) is 5.40. The highest BCUT2D eigenvalue weighted by Crippen LogP contribution is 2.39. The third kappa shape index (κ3) is 4.26. The largest absolute Gasteiger partial charge is 0.488 e. The van der Waals surface area contributed by atoms with Crippen LogP contribution in [0, 0.1) is 17.0 Å². The molecule has 0 aliphatic carbocycles. The Labute approximate surface area is 187 Å². The number of Topliss-reactive ketones (excluding diaryl/α,β-unsaturated/α-hetero) is 1. The van der Waals surface area contributed by atoms with Gasteiger partial charge in [0.15, 0.2) is 5.76 Å². The van der Waals surface area contributed by atoms with Gasteiger partial charge in [0.25, 0.3) is 5.69 Å². The first-order chi connectivity index (χ1) is 14.8. The van der Waals surface area contributed by atoms with E-state index in [0.717, 1.165) is 5.56 Å². The predicted molar refractivity (Wildman–Crippen MR) is 118 cm³/mol. The van der Waals surface area contributed by atoms with E-state index in [-0.39, 0.29) is 23.8 Å². The van der Waals surface area contributed by atoms with Crippen LogP contribution in [0.3, 0.4) is 0 Å². The van der Waals surface area contributed by atoms with Gasteiger partial charge in [-0.2, -0.15) is 0 Å². The topological polar surface area (TPSA) is 78.7 Å². The van der Waals surface area contributed by atoms with E-state index in [2.05, 4.69) is 0 Å². The molecule has 8 heteroatoms. The van der Waals surface area contributed by atoms with Crippen LogP contribution in [0.2, 0.25) is 10.0 Å². The minimum Gasteiger partial charge on any atom is -0.488 e. The normalized spacial score (nSPS) is 13.8. The van der Waals surface area contributed by atoms with Gasteiger partial charge in [0.2, 0.25) is 5.78 Å². The van der Waals surface area contributed by atoms with Gasteiger partial charge in [-0.05, 0) is 42.8 Å². The molecular weight excluding hydrogens is 441 g/mol. The number of hydrogen-bond donors (Lipinski definition) is 0. The lowest BCUT2D eigenvalue weighted by Gasteiger charge is -2.12. The smallest absolute Gasteiger partial charge is 0.270 e. The molecule has 0 saturated heterocycles. The molecular formula is C23H15Cl2NO5. The van der Waals surface area contributed by atoms with Crippen molar-refractivity contribution >= 4 is 40.7 Å². The molecule has 0 unspecified atom stereocenters. The highest BCUT2D eigenvalue weighted by atomic mass is 35.5. The van der Waals surface area contributed by atoms with Gasteiger partial charge < -0.3 is 9.47 Å². The molecule has 1 aliphatic heterocycles. The minimum atomic E-state index is -0.491. The molecule has 0 fully saturated rings. The molecule has 0 atom stereocenters. The summed E-state index contributed by atoms with van der Waals surface area (Å²) >= 11 is 12.1. The number of non-ortho nitro benzene ring substituents is 1. The van der Waals surface area contributed by atoms with Gasteiger partial charge in [-0.1, -0.05) is 41.4 Å². The van der Waals surface area contributed by atoms with Crippen molar-refractivity contribution in [2.24, 2.45) is 0 Å². The van der Waals surface area contributed by atoms with Gasteiger partial charge in [-0.25, -0.2) is 0 Å². The summed E-state index contributed by atoms with van der Waals surface area (Å²) in [6.45, 7) is 2.02. The van der Waals surface area contributed by atoms with E-state index in [1.54, 1.807) is 49.4 Å². The van der Waals surface area contributed by atoms with Gasteiger partial charge in [0.05, 0.1) is 10.5 Å². The second-order valence-electron chi connectivity index (χ2n) is 6.88. The highest BCUT2D eigenvalue weighted by molar-refractivity contribution is 6.35. The maximum absolute atomic E-state index is 12.7. The van der Waals surface area contributed by atoms with Crippen LogP contribution in [0.5, 0.6) is 11.5 Å². The van der Waals surface area contributed by atoms with Crippen LogP contribution in [0.25, 0.3) is 6.08 Å². The summed E-state index contributed by atoms with van der Waals surface area (Å²) in [5, 5.41) is 12.0. The molecule has 0 radical (unpaired) electrons. The summed E-state index contributed by atoms with van der Waals surface area (Å²) < 4.78 is 11.7. The standard InChI is InChI=1S/C23H15Cl2NO5/c1-13-20(30-12-15-5-6-16(24)11-19(15)25)8-7-18-22(27)21(31-23(13)18)10-14-3-2-4-17(9-14)26(28)29/h2-11H,12H2,1H3/b21-10-. The number of halogens is 2. The van der Waals surface area contributed by atoms with Crippen LogP contribution in [-0.2, 0) is 6.61 Å². The van der Waals surface area contributed by atoms with E-state index < -0.39 is 4.92 Å². The average molecular weight is 456 g/mol. The predicted octanol–water partition coefficient (Wildman–Crippen LogP) is 6.41. The number of allylic oxidation sites excluding steroid dienone is 1. The third-order valence-electron chi connectivity index (χ3n) is 4.81. The molecule has 156 valence electrons. The fraction of sp³-hybridized carbons (Fsp3) is 0.0870. The second-order valence-corrected chi connectivity index (χ2v) is 7.73. The number of rotatable bonds is 5. The van der Waals surface area contributed by atoms with Crippen LogP contribution >= 0.6 is 23.2 Å². The molecule has 3 aromatic rings. The first kappa shape index (κ1) is 20.9. The number of carbonyl (C=O) groups is 1. The number of ketones is 1. The van der Waals surface area contributed by atoms with Crippen molar-refractivity contribution in [1.82, 2.24) is 0 Å². The zero-order valence-corrected chi connectivity index (χ0v) is 17.7. The minimum absolute atomic E-state index is 0.0648. The average Bonchev–Trinajstić information content (AvgIpc) is 3.05. The van der Waals surface area contributed by atoms with Crippen LogP contribution in [0.15, 0.2) is 60.4 Å². The number of ether oxygens (including phenoxy) is 2. The van der Waals surface area contributed by atoms with Crippen molar-refractivity contribution in [3.63, 3.8) is 0 Å². The molecule has 0 bridgehead atoms. The van der Waals surface area contributed by atoms with E-state index in [4.69, 9.17) is 32.7 Å². The molecule has 6 nitrogen and oxygen atoms in total. The van der Waals surface area contributed by atoms with E-state index in [0.29, 0.717) is 38.2 Å². The molecule has 3 aromatic carbocycles. The number of benzene rings is 3. The Morgan fingerprint density at radius 3 is 2.68 bits per heavy atom. The SMILES string of the molecule is Cc1c(OCc2ccc(Cl)cc2Cl)ccc2c1O/C(=C\c1cccc([N+](=O)[O-])c1)C2=O. The maximum atomic E-state index is 12.7. The Morgan fingerprint density at radius 2 is 1.94 bits per heavy atom. The summed E-state index contributed by atoms with van der Waals surface area (Å²) in [7, 11) is 0. The van der Waals surface area contributed by atoms with Crippen molar-refractivity contribution in [1.29, 1.82) is 0 Å². The fourth-order valence-electron chi connectivity index (χ4n) is 3.20. The van der Waals surface area contributed by atoms with E-state index in [9.17, 15) is 14.9 Å². The summed E-state index contributed by atoms with van der Waals surface area (Å²) in [6, 6.07) is 14.5. The number of nitro benzene ring substituents is 1. The zero-order valence-electron chi connectivity index (χ0n) is 16.2. The molecule has 4 rings (SSSR count). The van der Waals surface area contributed by atoms with Crippen LogP contribution in [0.4, 0.5) is 5.69 Å². The van der Waals surface area contributed by atoms with Crippen LogP contribution in [-0.4, -0.2) is 10.7 Å². The first-order valence-electron chi connectivity index (χ1n) is 9.22. The summed E-state index contributed by atoms with van der Waals surface area (Å²) in [6.07, 6.45) is 1.49. The molecule has 31 heavy (non-hydrogen) atoms. The van der Waals surface area contributed by atoms with Crippen molar-refractivity contribution in [2.45, 2.75) is 13.5 Å². The van der Waals surface area contributed by atoms with Gasteiger partial charge in [-0.3, -0.25) is 14.9 Å². The Balaban J connectivity index is 1.58. The number of nitrogens with zero attached hydrogens (tertiary/aromatic N) is 1.